The number of aromatic amines is 1. The van der Waals surface area contributed by atoms with Gasteiger partial charge in [0, 0.05) is 11.0 Å². The first-order valence-corrected chi connectivity index (χ1v) is 8.55. The monoisotopic (exact) mass is 335 g/mol. The summed E-state index contributed by atoms with van der Waals surface area (Å²) >= 11 is 0. The van der Waals surface area contributed by atoms with Gasteiger partial charge in [0.25, 0.3) is 0 Å². The Kier molecular flexibility index (Phi) is 9.66. The van der Waals surface area contributed by atoms with E-state index in [2.05, 4.69) is 50.2 Å². The molecular weight excluding hydrogens is 317 g/mol. The summed E-state index contributed by atoms with van der Waals surface area (Å²) < 4.78 is 0. The van der Waals surface area contributed by atoms with Gasteiger partial charge in [0.15, 0.2) is 0 Å². The summed E-state index contributed by atoms with van der Waals surface area (Å²) in [5, 5.41) is 1.53. The third-order valence-electron chi connectivity index (χ3n) is 3.20. The van der Waals surface area contributed by atoms with Gasteiger partial charge in [-0.2, -0.15) is 0 Å². The van der Waals surface area contributed by atoms with E-state index < -0.39 is 8.80 Å². The fourth-order valence-electron chi connectivity index (χ4n) is 2.23. The molecule has 1 nitrogen and oxygen atoms in total. The van der Waals surface area contributed by atoms with Crippen molar-refractivity contribution >= 4 is 19.7 Å². The number of halogens is 2. The van der Waals surface area contributed by atoms with Crippen LogP contribution in [0.1, 0.15) is 23.2 Å². The van der Waals surface area contributed by atoms with E-state index in [0.717, 1.165) is 6.42 Å². The van der Waals surface area contributed by atoms with Crippen molar-refractivity contribution in [1.82, 2.24) is 4.98 Å². The van der Waals surface area contributed by atoms with Crippen LogP contribution < -0.4 is 30.1 Å². The molecule has 0 atom stereocenters. The van der Waals surface area contributed by atoms with Crippen LogP contribution in [-0.4, -0.2) is 13.8 Å². The molecule has 1 aliphatic rings. The average molecular weight is 336 g/mol. The van der Waals surface area contributed by atoms with Crippen LogP contribution in [0.25, 0.3) is 5.57 Å². The molecule has 0 fully saturated rings. The minimum Gasteiger partial charge on any atom is -1.00 e. The fourth-order valence-corrected chi connectivity index (χ4v) is 3.71. The summed E-state index contributed by atoms with van der Waals surface area (Å²) in [4.78, 5) is 3.58. The predicted molar refractivity (Wildman–Crippen MR) is 70.5 cm³/mol. The summed E-state index contributed by atoms with van der Waals surface area (Å²) in [6.07, 6.45) is 7.77. The Balaban J connectivity index is 0. The van der Waals surface area contributed by atoms with Crippen LogP contribution in [0.2, 0.25) is 13.1 Å². The molecule has 1 aromatic rings. The number of H-pyrrole nitrogens is 1. The smallest absolute Gasteiger partial charge is 1.00 e. The number of hydrogen-bond acceptors (Lipinski definition) is 0. The minimum atomic E-state index is -0.756. The van der Waals surface area contributed by atoms with Crippen molar-refractivity contribution in [1.29, 1.82) is 0 Å². The van der Waals surface area contributed by atoms with Crippen molar-refractivity contribution in [3.8, 4) is 0 Å². The van der Waals surface area contributed by atoms with Crippen molar-refractivity contribution in [3.05, 3.63) is 35.0 Å². The van der Waals surface area contributed by atoms with Gasteiger partial charge in [0.1, 0.15) is 0 Å². The Hall–Kier alpha value is 0.271. The molecule has 0 saturated carbocycles. The number of allylic oxidation sites excluding steroid dienone is 4. The van der Waals surface area contributed by atoms with E-state index in [0.29, 0.717) is 0 Å². The quantitative estimate of drug-likeness (QED) is 0.544. The van der Waals surface area contributed by atoms with Crippen molar-refractivity contribution < 1.29 is 46.5 Å². The van der Waals surface area contributed by atoms with Crippen molar-refractivity contribution in [2.45, 2.75) is 33.4 Å². The van der Waals surface area contributed by atoms with Gasteiger partial charge in [-0.25, -0.2) is 0 Å². The van der Waals surface area contributed by atoms with E-state index >= 15 is 0 Å². The molecule has 1 aliphatic carbocycles. The molecule has 0 aromatic carbocycles. The number of aryl methyl sites for hydroxylation is 1. The second kappa shape index (κ2) is 8.44. The minimum absolute atomic E-state index is 0. The van der Waals surface area contributed by atoms with Gasteiger partial charge in [-0.3, -0.25) is 0 Å². The molecule has 0 radical (unpaired) electrons. The maximum absolute atomic E-state index is 3.58. The Morgan fingerprint density at radius 1 is 1.17 bits per heavy atom. The standard InChI is InChI=1S/C13H19NSi.2ClH.Ti/c1-9-10(2)14-13(15(3)4)12(9)11-7-5-6-8-11;;;/h5-7,14-15H,8H2,1-4H3;2*1H;/q;;;+2/p-2. The Morgan fingerprint density at radius 2 is 1.78 bits per heavy atom. The molecule has 0 bridgehead atoms. The second-order valence-corrected chi connectivity index (χ2v) is 7.53. The molecule has 18 heavy (non-hydrogen) atoms. The third-order valence-corrected chi connectivity index (χ3v) is 4.79. The van der Waals surface area contributed by atoms with Crippen molar-refractivity contribution in [2.24, 2.45) is 0 Å². The van der Waals surface area contributed by atoms with Gasteiger partial charge in [-0.1, -0.05) is 31.3 Å². The van der Waals surface area contributed by atoms with Crippen LogP contribution in [0.3, 0.4) is 0 Å². The van der Waals surface area contributed by atoms with Crippen LogP contribution in [0.4, 0.5) is 0 Å². The number of aromatic nitrogens is 1. The Morgan fingerprint density at radius 3 is 2.22 bits per heavy atom. The van der Waals surface area contributed by atoms with Crippen molar-refractivity contribution in [3.63, 3.8) is 0 Å². The van der Waals surface area contributed by atoms with E-state index in [1.165, 1.54) is 27.7 Å². The SMILES string of the molecule is Cc1[nH]c([SiH](C)C)c(C2=CC=CC2)c1C.[Cl-].[Cl-].[Ti+2]. The number of hydrogen-bond donors (Lipinski definition) is 1. The first kappa shape index (κ1) is 20.6. The summed E-state index contributed by atoms with van der Waals surface area (Å²) in [5.41, 5.74) is 5.79. The number of rotatable bonds is 2. The molecule has 0 spiro atoms. The predicted octanol–water partition coefficient (Wildman–Crippen LogP) is -3.33. The van der Waals surface area contributed by atoms with Gasteiger partial charge in [0.2, 0.25) is 0 Å². The molecular formula is C13H19Cl2NSiTi. The fraction of sp³-hybridized carbons (Fsp3) is 0.385. The van der Waals surface area contributed by atoms with E-state index in [1.54, 1.807) is 0 Å². The zero-order valence-electron chi connectivity index (χ0n) is 11.3. The normalized spacial score (nSPS) is 12.6. The average Bonchev–Trinajstić information content (AvgIpc) is 2.76. The summed E-state index contributed by atoms with van der Waals surface area (Å²) in [5.74, 6) is 0. The van der Waals surface area contributed by atoms with Gasteiger partial charge >= 0.3 is 21.7 Å². The molecule has 1 N–H and O–H groups in total. The first-order valence-electron chi connectivity index (χ1n) is 5.66. The Bertz CT molecular complexity index is 450. The molecule has 0 aliphatic heterocycles. The molecule has 1 heterocycles. The largest absolute Gasteiger partial charge is 2.00 e. The van der Waals surface area contributed by atoms with Gasteiger partial charge in [-0.15, -0.1) is 0 Å². The zero-order valence-corrected chi connectivity index (χ0v) is 15.5. The van der Waals surface area contributed by atoms with Gasteiger partial charge in [-0.05, 0) is 37.0 Å². The van der Waals surface area contributed by atoms with E-state index in [4.69, 9.17) is 0 Å². The molecule has 0 unspecified atom stereocenters. The van der Waals surface area contributed by atoms with Crippen LogP contribution in [0.5, 0.6) is 0 Å². The zero-order chi connectivity index (χ0) is 11.0. The number of nitrogens with one attached hydrogen (secondary N) is 1. The van der Waals surface area contributed by atoms with Crippen LogP contribution in [0.15, 0.2) is 18.2 Å². The molecule has 1 aromatic heterocycles. The Labute approximate surface area is 139 Å². The third kappa shape index (κ3) is 3.88. The summed E-state index contributed by atoms with van der Waals surface area (Å²) in [7, 11) is -0.756. The first-order chi connectivity index (χ1) is 7.11. The van der Waals surface area contributed by atoms with Crippen LogP contribution >= 0.6 is 0 Å². The molecule has 0 amide bonds. The summed E-state index contributed by atoms with van der Waals surface area (Å²) in [6.45, 7) is 9.19. The van der Waals surface area contributed by atoms with E-state index in [1.807, 2.05) is 0 Å². The maximum Gasteiger partial charge on any atom is 2.00 e. The van der Waals surface area contributed by atoms with Crippen LogP contribution in [-0.2, 0) is 21.7 Å². The van der Waals surface area contributed by atoms with E-state index in [-0.39, 0.29) is 46.5 Å². The topological polar surface area (TPSA) is 15.8 Å². The molecule has 98 valence electrons. The van der Waals surface area contributed by atoms with Crippen LogP contribution in [0, 0.1) is 13.8 Å². The molecule has 0 saturated heterocycles. The summed E-state index contributed by atoms with van der Waals surface area (Å²) in [6, 6.07) is 0. The maximum atomic E-state index is 3.58. The molecule has 2 rings (SSSR count). The van der Waals surface area contributed by atoms with Crippen molar-refractivity contribution in [2.75, 3.05) is 0 Å². The molecule has 5 heteroatoms. The van der Waals surface area contributed by atoms with Gasteiger partial charge in [0.05, 0.1) is 8.80 Å². The van der Waals surface area contributed by atoms with E-state index in [9.17, 15) is 0 Å². The van der Waals surface area contributed by atoms with Gasteiger partial charge < -0.3 is 29.8 Å². The second-order valence-electron chi connectivity index (χ2n) is 4.64.